The highest BCUT2D eigenvalue weighted by Crippen LogP contribution is 2.64. The fourth-order valence-corrected chi connectivity index (χ4v) is 6.05. The number of amides is 3. The van der Waals surface area contributed by atoms with Gasteiger partial charge in [-0.05, 0) is 36.6 Å². The third-order valence-corrected chi connectivity index (χ3v) is 7.10. The minimum absolute atomic E-state index is 0.283. The summed E-state index contributed by atoms with van der Waals surface area (Å²) >= 11 is 1.44. The molecule has 2 fully saturated rings. The Hall–Kier alpha value is -3.36. The molecule has 3 atom stereocenters. The van der Waals surface area contributed by atoms with Gasteiger partial charge in [0.05, 0.1) is 10.6 Å². The van der Waals surface area contributed by atoms with Gasteiger partial charge in [0.2, 0.25) is 5.66 Å². The van der Waals surface area contributed by atoms with Crippen LogP contribution in [0.15, 0.2) is 72.1 Å². The van der Waals surface area contributed by atoms with Crippen molar-refractivity contribution in [1.29, 1.82) is 0 Å². The Bertz CT molecular complexity index is 1180. The number of benzene rings is 2. The highest BCUT2D eigenvalue weighted by Gasteiger charge is 2.82. The van der Waals surface area contributed by atoms with E-state index in [1.807, 2.05) is 79.0 Å². The maximum absolute atomic E-state index is 14.1. The summed E-state index contributed by atoms with van der Waals surface area (Å²) in [7, 11) is 0. The highest BCUT2D eigenvalue weighted by molar-refractivity contribution is 7.10. The summed E-state index contributed by atoms with van der Waals surface area (Å²) < 4.78 is 12.4. The number of alkyl carbamates (subject to hydrolysis) is 1. The zero-order valence-corrected chi connectivity index (χ0v) is 17.5. The van der Waals surface area contributed by atoms with Crippen molar-refractivity contribution in [1.82, 2.24) is 5.32 Å². The van der Waals surface area contributed by atoms with E-state index < -0.39 is 23.6 Å². The quantitative estimate of drug-likeness (QED) is 0.654. The van der Waals surface area contributed by atoms with E-state index >= 15 is 0 Å². The van der Waals surface area contributed by atoms with E-state index in [-0.39, 0.29) is 6.03 Å². The van der Waals surface area contributed by atoms with Crippen LogP contribution in [0.25, 0.3) is 0 Å². The molecule has 0 aliphatic carbocycles. The molecular formula is C23H19N3O4S. The lowest BCUT2D eigenvalue weighted by Gasteiger charge is -2.41. The standard InChI is InChI=1S/C23H19N3O4S/c1-2-29-19-16-11-6-7-12-17(16)26-21(28)25(15-9-4-3-5-10-15)23(18-13-8-14-31-18)22(19,26)24-20(27)30-23/h3-14,19H,2H2,1H3,(H,24,27)/t19-,22-,23-/m1/s1. The Balaban J connectivity index is 1.71. The molecule has 2 saturated heterocycles. The van der Waals surface area contributed by atoms with Crippen molar-refractivity contribution >= 4 is 34.8 Å². The summed E-state index contributed by atoms with van der Waals surface area (Å²) in [6.07, 6.45) is -1.20. The van der Waals surface area contributed by atoms with Crippen LogP contribution in [-0.2, 0) is 15.2 Å². The van der Waals surface area contributed by atoms with Gasteiger partial charge in [-0.1, -0.05) is 42.5 Å². The number of hydrogen-bond acceptors (Lipinski definition) is 5. The van der Waals surface area contributed by atoms with Crippen LogP contribution < -0.4 is 15.1 Å². The van der Waals surface area contributed by atoms with Crippen molar-refractivity contribution in [2.45, 2.75) is 24.4 Å². The molecule has 3 amide bonds. The zero-order chi connectivity index (χ0) is 21.2. The van der Waals surface area contributed by atoms with Crippen LogP contribution in [0, 0.1) is 0 Å². The molecule has 3 aliphatic heterocycles. The van der Waals surface area contributed by atoms with E-state index in [0.29, 0.717) is 18.0 Å². The third-order valence-electron chi connectivity index (χ3n) is 6.14. The van der Waals surface area contributed by atoms with Crippen LogP contribution >= 0.6 is 11.3 Å². The van der Waals surface area contributed by atoms with Crippen LogP contribution in [-0.4, -0.2) is 24.4 Å². The Morgan fingerprint density at radius 3 is 2.55 bits per heavy atom. The maximum Gasteiger partial charge on any atom is 0.411 e. The molecule has 1 spiro atoms. The van der Waals surface area contributed by atoms with Crippen molar-refractivity contribution in [3.63, 3.8) is 0 Å². The second-order valence-electron chi connectivity index (χ2n) is 7.59. The van der Waals surface area contributed by atoms with Gasteiger partial charge in [0.15, 0.2) is 0 Å². The van der Waals surface area contributed by atoms with Crippen molar-refractivity contribution in [3.05, 3.63) is 82.6 Å². The maximum atomic E-state index is 14.1. The molecule has 0 unspecified atom stereocenters. The Morgan fingerprint density at radius 1 is 1.03 bits per heavy atom. The Kier molecular flexibility index (Phi) is 3.75. The molecule has 3 aromatic rings. The van der Waals surface area contributed by atoms with E-state index in [9.17, 15) is 9.59 Å². The summed E-state index contributed by atoms with van der Waals surface area (Å²) in [6.45, 7) is 2.31. The van der Waals surface area contributed by atoms with Crippen molar-refractivity contribution in [3.8, 4) is 0 Å². The molecule has 2 aromatic carbocycles. The average Bonchev–Trinajstić information content (AvgIpc) is 3.50. The smallest absolute Gasteiger partial charge is 0.411 e. The molecule has 156 valence electrons. The largest absolute Gasteiger partial charge is 0.412 e. The molecule has 6 rings (SSSR count). The van der Waals surface area contributed by atoms with Gasteiger partial charge in [0, 0.05) is 17.9 Å². The first kappa shape index (κ1) is 18.4. The molecule has 4 heterocycles. The summed E-state index contributed by atoms with van der Waals surface area (Å²) in [4.78, 5) is 31.0. The number of nitrogens with one attached hydrogen (secondary N) is 1. The first-order valence-corrected chi connectivity index (χ1v) is 11.0. The third kappa shape index (κ3) is 2.06. The average molecular weight is 433 g/mol. The number of carbonyl (C=O) groups excluding carboxylic acids is 2. The second-order valence-corrected chi connectivity index (χ2v) is 8.53. The van der Waals surface area contributed by atoms with Crippen molar-refractivity contribution in [2.24, 2.45) is 0 Å². The van der Waals surface area contributed by atoms with Gasteiger partial charge < -0.3 is 9.47 Å². The first-order valence-electron chi connectivity index (χ1n) is 10.1. The van der Waals surface area contributed by atoms with Crippen LogP contribution in [0.5, 0.6) is 0 Å². The number of thiophene rings is 1. The fraction of sp³-hybridized carbons (Fsp3) is 0.217. The number of urea groups is 1. The van der Waals surface area contributed by atoms with Crippen LogP contribution in [0.3, 0.4) is 0 Å². The van der Waals surface area contributed by atoms with Crippen molar-refractivity contribution < 1.29 is 19.1 Å². The SMILES string of the molecule is CCO[C@@H]1c2ccccc2N2C(=O)N(c3ccccc3)[C@]3(c4cccs4)OC(=O)N[C@]123. The van der Waals surface area contributed by atoms with Gasteiger partial charge in [-0.2, -0.15) is 0 Å². The predicted octanol–water partition coefficient (Wildman–Crippen LogP) is 4.58. The lowest BCUT2D eigenvalue weighted by Crippen LogP contribution is -2.64. The molecule has 1 N–H and O–H groups in total. The number of para-hydroxylation sites is 2. The summed E-state index contributed by atoms with van der Waals surface area (Å²) in [5.41, 5.74) is -0.538. The fourth-order valence-electron chi connectivity index (χ4n) is 5.14. The number of anilines is 2. The molecule has 3 aliphatic rings. The van der Waals surface area contributed by atoms with Crippen LogP contribution in [0.1, 0.15) is 23.5 Å². The van der Waals surface area contributed by atoms with E-state index in [1.54, 1.807) is 9.80 Å². The number of nitrogens with zero attached hydrogens (tertiary/aromatic N) is 2. The van der Waals surface area contributed by atoms with E-state index in [0.717, 1.165) is 10.4 Å². The minimum Gasteiger partial charge on any atom is -0.412 e. The topological polar surface area (TPSA) is 71.1 Å². The first-order chi connectivity index (χ1) is 15.1. The van der Waals surface area contributed by atoms with Gasteiger partial charge >= 0.3 is 12.1 Å². The highest BCUT2D eigenvalue weighted by atomic mass is 32.1. The molecule has 0 saturated carbocycles. The molecular weight excluding hydrogens is 414 g/mol. The van der Waals surface area contributed by atoms with Gasteiger partial charge in [-0.15, -0.1) is 11.3 Å². The lowest BCUT2D eigenvalue weighted by molar-refractivity contribution is -0.0630. The molecule has 1 aromatic heterocycles. The van der Waals surface area contributed by atoms with E-state index in [2.05, 4.69) is 5.32 Å². The van der Waals surface area contributed by atoms with E-state index in [1.165, 1.54) is 11.3 Å². The monoisotopic (exact) mass is 433 g/mol. The summed E-state index contributed by atoms with van der Waals surface area (Å²) in [5, 5.41) is 4.93. The number of rotatable bonds is 4. The zero-order valence-electron chi connectivity index (χ0n) is 16.6. The van der Waals surface area contributed by atoms with Gasteiger partial charge in [-0.25, -0.2) is 14.5 Å². The molecule has 0 radical (unpaired) electrons. The molecule has 8 heteroatoms. The molecule has 0 bridgehead atoms. The summed E-state index contributed by atoms with van der Waals surface area (Å²) in [6, 6.07) is 20.4. The Labute approximate surface area is 182 Å². The lowest BCUT2D eigenvalue weighted by atomic mass is 9.88. The van der Waals surface area contributed by atoms with Crippen LogP contribution in [0.4, 0.5) is 21.0 Å². The second kappa shape index (κ2) is 6.32. The normalized spacial score (nSPS) is 28.2. The predicted molar refractivity (Wildman–Crippen MR) is 116 cm³/mol. The number of carbonyl (C=O) groups is 2. The summed E-state index contributed by atoms with van der Waals surface area (Å²) in [5.74, 6) is 0. The van der Waals surface area contributed by atoms with Crippen LogP contribution in [0.2, 0.25) is 0 Å². The Morgan fingerprint density at radius 2 is 1.81 bits per heavy atom. The van der Waals surface area contributed by atoms with Gasteiger partial charge in [-0.3, -0.25) is 10.2 Å². The van der Waals surface area contributed by atoms with Gasteiger partial charge in [0.25, 0.3) is 5.72 Å². The minimum atomic E-state index is -1.43. The molecule has 31 heavy (non-hydrogen) atoms. The van der Waals surface area contributed by atoms with Gasteiger partial charge in [0.1, 0.15) is 6.10 Å². The van der Waals surface area contributed by atoms with E-state index in [4.69, 9.17) is 9.47 Å². The number of fused-ring (bicyclic) bond motifs is 2. The van der Waals surface area contributed by atoms with Crippen molar-refractivity contribution in [2.75, 3.05) is 16.4 Å². The number of ether oxygens (including phenoxy) is 2. The number of hydrogen-bond donors (Lipinski definition) is 1. The molecule has 7 nitrogen and oxygen atoms in total.